The van der Waals surface area contributed by atoms with Crippen LogP contribution in [0.15, 0.2) is 35.5 Å². The van der Waals surface area contributed by atoms with E-state index in [1.54, 1.807) is 18.2 Å². The van der Waals surface area contributed by atoms with Crippen molar-refractivity contribution in [3.05, 3.63) is 41.3 Å². The summed E-state index contributed by atoms with van der Waals surface area (Å²) in [5.74, 6) is 0.0205. The molecule has 0 unspecified atom stereocenters. The third-order valence-electron chi connectivity index (χ3n) is 3.45. The Labute approximate surface area is 162 Å². The molecule has 0 bridgehead atoms. The molecule has 0 radical (unpaired) electrons. The highest BCUT2D eigenvalue weighted by molar-refractivity contribution is 7.99. The standard InChI is InChI=1S/C18H22ClFN4OS/c1-3-9-24(10-4-2)16-11-15(19)22-18(23-16)26-12-17(25)21-14-8-6-5-7-13(14)20/h5-8,11H,3-4,9-10,12H2,1-2H3,(H,21,25). The summed E-state index contributed by atoms with van der Waals surface area (Å²) in [6.45, 7) is 5.96. The highest BCUT2D eigenvalue weighted by atomic mass is 35.5. The average molecular weight is 397 g/mol. The number of amides is 1. The zero-order valence-corrected chi connectivity index (χ0v) is 16.4. The number of para-hydroxylation sites is 1. The van der Waals surface area contributed by atoms with Crippen LogP contribution in [-0.2, 0) is 4.79 Å². The second kappa shape index (κ2) is 10.3. The van der Waals surface area contributed by atoms with Crippen LogP contribution < -0.4 is 10.2 Å². The van der Waals surface area contributed by atoms with Crippen LogP contribution in [0.3, 0.4) is 0 Å². The van der Waals surface area contributed by atoms with E-state index in [1.807, 2.05) is 0 Å². The summed E-state index contributed by atoms with van der Waals surface area (Å²) in [5.41, 5.74) is 0.155. The lowest BCUT2D eigenvalue weighted by atomic mass is 10.3. The molecule has 2 rings (SSSR count). The minimum atomic E-state index is -0.470. The molecule has 0 spiro atoms. The van der Waals surface area contributed by atoms with Gasteiger partial charge in [-0.1, -0.05) is 49.3 Å². The van der Waals surface area contributed by atoms with Crippen molar-refractivity contribution in [1.29, 1.82) is 0 Å². The maximum absolute atomic E-state index is 13.6. The Balaban J connectivity index is 2.02. The van der Waals surface area contributed by atoms with Crippen molar-refractivity contribution in [3.8, 4) is 0 Å². The van der Waals surface area contributed by atoms with E-state index in [2.05, 4.69) is 34.0 Å². The third-order valence-corrected chi connectivity index (χ3v) is 4.49. The normalized spacial score (nSPS) is 10.6. The van der Waals surface area contributed by atoms with Crippen molar-refractivity contribution < 1.29 is 9.18 Å². The molecule has 0 aliphatic carbocycles. The fourth-order valence-corrected chi connectivity index (χ4v) is 3.25. The zero-order valence-electron chi connectivity index (χ0n) is 14.8. The number of hydrogen-bond acceptors (Lipinski definition) is 5. The SMILES string of the molecule is CCCN(CCC)c1cc(Cl)nc(SCC(=O)Nc2ccccc2F)n1. The molecule has 8 heteroatoms. The molecular weight excluding hydrogens is 375 g/mol. The van der Waals surface area contributed by atoms with Crippen LogP contribution in [0.25, 0.3) is 0 Å². The molecule has 0 aliphatic rings. The van der Waals surface area contributed by atoms with Crippen molar-refractivity contribution in [1.82, 2.24) is 9.97 Å². The second-order valence-corrected chi connectivity index (χ2v) is 6.96. The summed E-state index contributed by atoms with van der Waals surface area (Å²) in [7, 11) is 0. The summed E-state index contributed by atoms with van der Waals surface area (Å²) in [6.07, 6.45) is 1.99. The Morgan fingerprint density at radius 2 is 1.92 bits per heavy atom. The van der Waals surface area contributed by atoms with Crippen LogP contribution in [0.2, 0.25) is 5.15 Å². The van der Waals surface area contributed by atoms with E-state index < -0.39 is 5.82 Å². The van der Waals surface area contributed by atoms with Crippen LogP contribution in [-0.4, -0.2) is 34.7 Å². The Morgan fingerprint density at radius 3 is 2.58 bits per heavy atom. The van der Waals surface area contributed by atoms with Crippen LogP contribution in [0.4, 0.5) is 15.9 Å². The molecule has 1 heterocycles. The number of nitrogens with zero attached hydrogens (tertiary/aromatic N) is 3. The van der Waals surface area contributed by atoms with Crippen LogP contribution in [0, 0.1) is 5.82 Å². The second-order valence-electron chi connectivity index (χ2n) is 5.64. The van der Waals surface area contributed by atoms with E-state index in [9.17, 15) is 9.18 Å². The van der Waals surface area contributed by atoms with Gasteiger partial charge in [0.1, 0.15) is 16.8 Å². The summed E-state index contributed by atoms with van der Waals surface area (Å²) >= 11 is 7.29. The van der Waals surface area contributed by atoms with Crippen LogP contribution in [0.1, 0.15) is 26.7 Å². The summed E-state index contributed by atoms with van der Waals surface area (Å²) < 4.78 is 13.6. The van der Waals surface area contributed by atoms with Gasteiger partial charge in [-0.05, 0) is 25.0 Å². The van der Waals surface area contributed by atoms with Gasteiger partial charge in [0.25, 0.3) is 0 Å². The van der Waals surface area contributed by atoms with Gasteiger partial charge in [-0.15, -0.1) is 0 Å². The number of aromatic nitrogens is 2. The van der Waals surface area contributed by atoms with Crippen molar-refractivity contribution in [2.24, 2.45) is 0 Å². The number of rotatable bonds is 9. The van der Waals surface area contributed by atoms with Gasteiger partial charge < -0.3 is 10.2 Å². The highest BCUT2D eigenvalue weighted by Crippen LogP contribution is 2.23. The molecule has 0 saturated carbocycles. The molecule has 2 aromatic rings. The summed E-state index contributed by atoms with van der Waals surface area (Å²) in [4.78, 5) is 22.9. The monoisotopic (exact) mass is 396 g/mol. The van der Waals surface area contributed by atoms with Gasteiger partial charge in [0.15, 0.2) is 5.16 Å². The fraction of sp³-hybridized carbons (Fsp3) is 0.389. The quantitative estimate of drug-likeness (QED) is 0.380. The number of nitrogens with one attached hydrogen (secondary N) is 1. The maximum atomic E-state index is 13.6. The van der Waals surface area contributed by atoms with E-state index in [-0.39, 0.29) is 17.3 Å². The predicted octanol–water partition coefficient (Wildman–Crippen LogP) is 4.63. The Bertz CT molecular complexity index is 741. The molecule has 0 fully saturated rings. The Kier molecular flexibility index (Phi) is 8.12. The van der Waals surface area contributed by atoms with Gasteiger partial charge in [-0.25, -0.2) is 14.4 Å². The molecule has 5 nitrogen and oxygen atoms in total. The number of halogens is 2. The van der Waals surface area contributed by atoms with Crippen LogP contribution >= 0.6 is 23.4 Å². The number of hydrogen-bond donors (Lipinski definition) is 1. The van der Waals surface area contributed by atoms with Gasteiger partial charge in [0.05, 0.1) is 11.4 Å². The van der Waals surface area contributed by atoms with Gasteiger partial charge in [-0.2, -0.15) is 0 Å². The Morgan fingerprint density at radius 1 is 1.23 bits per heavy atom. The number of thioether (sulfide) groups is 1. The number of carbonyl (C=O) groups excluding carboxylic acids is 1. The van der Waals surface area contributed by atoms with E-state index in [0.29, 0.717) is 10.3 Å². The largest absolute Gasteiger partial charge is 0.356 e. The first-order valence-corrected chi connectivity index (χ1v) is 9.86. The van der Waals surface area contributed by atoms with E-state index >= 15 is 0 Å². The third kappa shape index (κ3) is 6.14. The van der Waals surface area contributed by atoms with Gasteiger partial charge in [0.2, 0.25) is 5.91 Å². The molecule has 1 aromatic heterocycles. The molecule has 26 heavy (non-hydrogen) atoms. The molecule has 140 valence electrons. The first kappa shape index (κ1) is 20.5. The molecule has 1 N–H and O–H groups in total. The lowest BCUT2D eigenvalue weighted by Crippen LogP contribution is -2.26. The topological polar surface area (TPSA) is 58.1 Å². The zero-order chi connectivity index (χ0) is 18.9. The van der Waals surface area contributed by atoms with Crippen LogP contribution in [0.5, 0.6) is 0 Å². The summed E-state index contributed by atoms with van der Waals surface area (Å²) in [6, 6.07) is 7.77. The van der Waals surface area contributed by atoms with Crippen molar-refractivity contribution in [2.45, 2.75) is 31.8 Å². The smallest absolute Gasteiger partial charge is 0.234 e. The molecule has 0 atom stereocenters. The fourth-order valence-electron chi connectivity index (χ4n) is 2.37. The lowest BCUT2D eigenvalue weighted by Gasteiger charge is -2.22. The first-order valence-electron chi connectivity index (χ1n) is 8.50. The molecule has 0 aliphatic heterocycles. The van der Waals surface area contributed by atoms with E-state index in [1.165, 1.54) is 23.9 Å². The van der Waals surface area contributed by atoms with Crippen molar-refractivity contribution >= 4 is 40.8 Å². The molecule has 0 saturated heterocycles. The van der Waals surface area contributed by atoms with E-state index in [0.717, 1.165) is 31.7 Å². The number of carbonyl (C=O) groups is 1. The van der Waals surface area contributed by atoms with Crippen molar-refractivity contribution in [2.75, 3.05) is 29.1 Å². The number of anilines is 2. The predicted molar refractivity (Wildman–Crippen MR) is 106 cm³/mol. The van der Waals surface area contributed by atoms with Gasteiger partial charge in [-0.3, -0.25) is 4.79 Å². The molecular formula is C18H22ClFN4OS. The minimum absolute atomic E-state index is 0.0652. The van der Waals surface area contributed by atoms with Gasteiger partial charge in [0, 0.05) is 19.2 Å². The highest BCUT2D eigenvalue weighted by Gasteiger charge is 2.13. The minimum Gasteiger partial charge on any atom is -0.356 e. The maximum Gasteiger partial charge on any atom is 0.234 e. The number of benzene rings is 1. The first-order chi connectivity index (χ1) is 12.5. The summed E-state index contributed by atoms with van der Waals surface area (Å²) in [5, 5.41) is 3.30. The molecule has 1 aromatic carbocycles. The average Bonchev–Trinajstić information content (AvgIpc) is 2.61. The molecule has 1 amide bonds. The van der Waals surface area contributed by atoms with Crippen molar-refractivity contribution in [3.63, 3.8) is 0 Å². The van der Waals surface area contributed by atoms with Gasteiger partial charge >= 0.3 is 0 Å². The Hall–Kier alpha value is -1.86. The van der Waals surface area contributed by atoms with E-state index in [4.69, 9.17) is 11.6 Å². The lowest BCUT2D eigenvalue weighted by molar-refractivity contribution is -0.113.